The molecule has 3 rings (SSSR count). The molecule has 0 aliphatic heterocycles. The van der Waals surface area contributed by atoms with Gasteiger partial charge in [0.1, 0.15) is 6.10 Å². The van der Waals surface area contributed by atoms with E-state index in [-0.39, 0.29) is 30.7 Å². The van der Waals surface area contributed by atoms with Crippen molar-refractivity contribution in [1.82, 2.24) is 0 Å². The van der Waals surface area contributed by atoms with Gasteiger partial charge in [-0.05, 0) is 86.1 Å². The van der Waals surface area contributed by atoms with E-state index >= 15 is 0 Å². The van der Waals surface area contributed by atoms with Gasteiger partial charge in [0, 0.05) is 30.0 Å². The molecule has 0 aromatic heterocycles. The van der Waals surface area contributed by atoms with Gasteiger partial charge in [-0.15, -0.1) is 0 Å². The quantitative estimate of drug-likeness (QED) is 0.0850. The van der Waals surface area contributed by atoms with Crippen LogP contribution in [0.4, 0.5) is 11.4 Å². The number of hydrogen-bond acceptors (Lipinski definition) is 7. The van der Waals surface area contributed by atoms with Crippen molar-refractivity contribution in [2.75, 3.05) is 24.7 Å². The Morgan fingerprint density at radius 1 is 0.857 bits per heavy atom. The fourth-order valence-corrected chi connectivity index (χ4v) is 5.35. The maximum absolute atomic E-state index is 12.7. The monoisotopic (exact) mass is 578 g/mol. The lowest BCUT2D eigenvalue weighted by Gasteiger charge is -2.28. The van der Waals surface area contributed by atoms with E-state index in [4.69, 9.17) is 25.7 Å². The van der Waals surface area contributed by atoms with Gasteiger partial charge in [-0.1, -0.05) is 64.5 Å². The highest BCUT2D eigenvalue weighted by molar-refractivity contribution is 5.90. The zero-order valence-electron chi connectivity index (χ0n) is 25.5. The van der Waals surface area contributed by atoms with Crippen molar-refractivity contribution in [2.45, 2.75) is 109 Å². The summed E-state index contributed by atoms with van der Waals surface area (Å²) in [5.74, 6) is -0.709. The molecule has 1 aliphatic carbocycles. The molecule has 42 heavy (non-hydrogen) atoms. The summed E-state index contributed by atoms with van der Waals surface area (Å²) in [5.41, 5.74) is 15.4. The van der Waals surface area contributed by atoms with Crippen molar-refractivity contribution >= 4 is 29.4 Å². The Morgan fingerprint density at radius 3 is 2.17 bits per heavy atom. The van der Waals surface area contributed by atoms with Crippen LogP contribution in [0.3, 0.4) is 0 Å². The third kappa shape index (κ3) is 11.9. The van der Waals surface area contributed by atoms with Crippen molar-refractivity contribution in [3.63, 3.8) is 0 Å². The largest absolute Gasteiger partial charge is 0.462 e. The molecular formula is C35H50N2O5. The number of esters is 2. The van der Waals surface area contributed by atoms with E-state index in [1.165, 1.54) is 31.8 Å². The lowest BCUT2D eigenvalue weighted by molar-refractivity contribution is -0.138. The number of benzene rings is 2. The van der Waals surface area contributed by atoms with Crippen LogP contribution in [0.25, 0.3) is 6.08 Å². The summed E-state index contributed by atoms with van der Waals surface area (Å²) in [7, 11) is 0. The Labute approximate surface area is 252 Å². The van der Waals surface area contributed by atoms with Crippen LogP contribution in [0, 0.1) is 0 Å². The number of rotatable bonds is 17. The Hall–Kier alpha value is -3.32. The van der Waals surface area contributed by atoms with Crippen LogP contribution >= 0.6 is 0 Å². The highest BCUT2D eigenvalue weighted by atomic mass is 16.5. The number of nitrogen functional groups attached to an aromatic ring is 2. The van der Waals surface area contributed by atoms with Gasteiger partial charge in [0.05, 0.1) is 18.3 Å². The van der Waals surface area contributed by atoms with E-state index in [0.717, 1.165) is 69.1 Å². The highest BCUT2D eigenvalue weighted by Gasteiger charge is 2.24. The molecule has 7 heteroatoms. The summed E-state index contributed by atoms with van der Waals surface area (Å²) < 4.78 is 17.4. The molecule has 1 unspecified atom stereocenters. The Bertz CT molecular complexity index is 1100. The fraction of sp³-hybridized carbons (Fsp3) is 0.543. The van der Waals surface area contributed by atoms with Gasteiger partial charge >= 0.3 is 11.9 Å². The SMILES string of the molecule is CCCCCCCOC1CCC(OC(=O)c2ccc(/C=C/C(=O)OCC(CCCC)c3cc(N)cc(N)c3)cc2)CC1. The molecule has 2 aromatic carbocycles. The number of hydrogen-bond donors (Lipinski definition) is 2. The third-order valence-electron chi connectivity index (χ3n) is 7.86. The van der Waals surface area contributed by atoms with Crippen molar-refractivity contribution in [3.05, 3.63) is 65.2 Å². The maximum Gasteiger partial charge on any atom is 0.338 e. The molecular weight excluding hydrogens is 528 g/mol. The van der Waals surface area contributed by atoms with Crippen LogP contribution in [0.5, 0.6) is 0 Å². The van der Waals surface area contributed by atoms with Crippen LogP contribution in [0.1, 0.15) is 118 Å². The Morgan fingerprint density at radius 2 is 1.50 bits per heavy atom. The second kappa shape index (κ2) is 18.3. The molecule has 0 amide bonds. The van der Waals surface area contributed by atoms with Crippen molar-refractivity contribution in [1.29, 1.82) is 0 Å². The Kier molecular flexibility index (Phi) is 14.4. The molecule has 0 saturated heterocycles. The fourth-order valence-electron chi connectivity index (χ4n) is 5.35. The first-order chi connectivity index (χ1) is 20.4. The van der Waals surface area contributed by atoms with Crippen molar-refractivity contribution < 1.29 is 23.8 Å². The summed E-state index contributed by atoms with van der Waals surface area (Å²) >= 11 is 0. The molecule has 4 N–H and O–H groups in total. The van der Waals surface area contributed by atoms with Gasteiger partial charge in [0.2, 0.25) is 0 Å². The average Bonchev–Trinajstić information content (AvgIpc) is 2.98. The number of ether oxygens (including phenoxy) is 3. The molecule has 0 spiro atoms. The van der Waals surface area contributed by atoms with E-state index in [2.05, 4.69) is 13.8 Å². The number of unbranched alkanes of at least 4 members (excludes halogenated alkanes) is 5. The Balaban J connectivity index is 1.40. The number of carbonyl (C=O) groups excluding carboxylic acids is 2. The van der Waals surface area contributed by atoms with Gasteiger partial charge in [-0.25, -0.2) is 9.59 Å². The van der Waals surface area contributed by atoms with E-state index in [9.17, 15) is 9.59 Å². The molecule has 1 saturated carbocycles. The predicted molar refractivity (Wildman–Crippen MR) is 170 cm³/mol. The van der Waals surface area contributed by atoms with E-state index in [1.807, 2.05) is 12.1 Å². The molecule has 1 fully saturated rings. The number of carbonyl (C=O) groups is 2. The van der Waals surface area contributed by atoms with Crippen molar-refractivity contribution in [3.8, 4) is 0 Å². The molecule has 0 bridgehead atoms. The summed E-state index contributed by atoms with van der Waals surface area (Å²) in [4.78, 5) is 25.1. The second-order valence-electron chi connectivity index (χ2n) is 11.4. The van der Waals surface area contributed by atoms with Crippen molar-refractivity contribution in [2.24, 2.45) is 0 Å². The topological polar surface area (TPSA) is 114 Å². The minimum Gasteiger partial charge on any atom is -0.462 e. The zero-order valence-corrected chi connectivity index (χ0v) is 25.5. The maximum atomic E-state index is 12.7. The van der Waals surface area contributed by atoms with Gasteiger partial charge < -0.3 is 25.7 Å². The average molecular weight is 579 g/mol. The lowest BCUT2D eigenvalue weighted by atomic mass is 9.93. The molecule has 7 nitrogen and oxygen atoms in total. The predicted octanol–water partition coefficient (Wildman–Crippen LogP) is 7.84. The van der Waals surface area contributed by atoms with Crippen LogP contribution < -0.4 is 11.5 Å². The van der Waals surface area contributed by atoms with E-state index in [1.54, 1.807) is 36.4 Å². The molecule has 0 radical (unpaired) electrons. The van der Waals surface area contributed by atoms with Gasteiger partial charge in [0.15, 0.2) is 0 Å². The summed E-state index contributed by atoms with van der Waals surface area (Å²) in [5, 5.41) is 0. The summed E-state index contributed by atoms with van der Waals surface area (Å²) in [6.45, 7) is 5.44. The minimum absolute atomic E-state index is 0.0290. The summed E-state index contributed by atoms with van der Waals surface area (Å²) in [6.07, 6.45) is 16.0. The number of anilines is 2. The first kappa shape index (κ1) is 33.2. The zero-order chi connectivity index (χ0) is 30.2. The van der Waals surface area contributed by atoms with Crippen LogP contribution in [-0.2, 0) is 19.0 Å². The van der Waals surface area contributed by atoms with Crippen LogP contribution in [-0.4, -0.2) is 37.4 Å². The van der Waals surface area contributed by atoms with Gasteiger partial charge in [-0.2, -0.15) is 0 Å². The first-order valence-electron chi connectivity index (χ1n) is 15.8. The summed E-state index contributed by atoms with van der Waals surface area (Å²) in [6, 6.07) is 12.6. The van der Waals surface area contributed by atoms with E-state index in [0.29, 0.717) is 16.9 Å². The van der Waals surface area contributed by atoms with Crippen LogP contribution in [0.2, 0.25) is 0 Å². The highest BCUT2D eigenvalue weighted by Crippen LogP contribution is 2.27. The third-order valence-corrected chi connectivity index (χ3v) is 7.86. The first-order valence-corrected chi connectivity index (χ1v) is 15.8. The van der Waals surface area contributed by atoms with Crippen LogP contribution in [0.15, 0.2) is 48.5 Å². The van der Waals surface area contributed by atoms with Gasteiger partial charge in [-0.3, -0.25) is 0 Å². The molecule has 1 atom stereocenters. The molecule has 1 aliphatic rings. The minimum atomic E-state index is -0.423. The molecule has 0 heterocycles. The smallest absolute Gasteiger partial charge is 0.338 e. The second-order valence-corrected chi connectivity index (χ2v) is 11.4. The van der Waals surface area contributed by atoms with Gasteiger partial charge in [0.25, 0.3) is 0 Å². The normalized spacial score (nSPS) is 17.7. The lowest BCUT2D eigenvalue weighted by Crippen LogP contribution is -2.28. The standard InChI is InChI=1S/C35H50N2O5/c1-3-5-7-8-9-21-40-32-16-18-33(19-17-32)42-35(39)27-14-11-26(12-15-27)13-20-34(38)41-25-28(10-6-4-2)29-22-30(36)24-31(37)23-29/h11-15,20,22-24,28,32-33H,3-10,16-19,21,25,36-37H2,1-2H3/b20-13+. The molecule has 230 valence electrons. The molecule has 2 aromatic rings. The van der Waals surface area contributed by atoms with E-state index < -0.39 is 5.97 Å². The number of nitrogens with two attached hydrogens (primary N) is 2.